The average Bonchev–Trinajstić information content (AvgIpc) is 2.49. The van der Waals surface area contributed by atoms with Gasteiger partial charge in [0.15, 0.2) is 0 Å². The molecule has 0 spiro atoms. The number of fused-ring (bicyclic) bond motifs is 1. The first kappa shape index (κ1) is 7.31. The molecule has 0 radical (unpaired) electrons. The Morgan fingerprint density at radius 2 is 2.25 bits per heavy atom. The summed E-state index contributed by atoms with van der Waals surface area (Å²) in [5, 5.41) is 10.6. The van der Waals surface area contributed by atoms with Crippen molar-refractivity contribution in [1.82, 2.24) is 5.32 Å². The first-order valence-corrected chi connectivity index (χ1v) is 3.95. The van der Waals surface area contributed by atoms with E-state index in [9.17, 15) is 0 Å². The van der Waals surface area contributed by atoms with E-state index in [4.69, 9.17) is 11.1 Å². The molecule has 0 bridgehead atoms. The van der Waals surface area contributed by atoms with E-state index >= 15 is 0 Å². The van der Waals surface area contributed by atoms with Crippen LogP contribution in [0.5, 0.6) is 0 Å². The molecule has 1 aliphatic heterocycles. The molecule has 62 valence electrons. The smallest absolute Gasteiger partial charge is 0.123 e. The zero-order chi connectivity index (χ0) is 8.55. The molecule has 12 heavy (non-hydrogen) atoms. The van der Waals surface area contributed by atoms with Crippen LogP contribution >= 0.6 is 0 Å². The molecule has 0 amide bonds. The topological polar surface area (TPSA) is 61.9 Å². The van der Waals surface area contributed by atoms with E-state index in [0.717, 1.165) is 18.7 Å². The lowest BCUT2D eigenvalue weighted by Gasteiger charge is -2.04. The third-order valence-corrected chi connectivity index (χ3v) is 2.18. The maximum absolute atomic E-state index is 7.35. The number of nitrogens with two attached hydrogens (primary N) is 1. The predicted octanol–water partition coefficient (Wildman–Crippen LogP) is 0.574. The summed E-state index contributed by atoms with van der Waals surface area (Å²) >= 11 is 0. The highest BCUT2D eigenvalue weighted by Gasteiger charge is 2.14. The van der Waals surface area contributed by atoms with Gasteiger partial charge in [-0.05, 0) is 11.1 Å². The molecule has 1 heterocycles. The van der Waals surface area contributed by atoms with Crippen LogP contribution in [-0.4, -0.2) is 5.84 Å². The lowest BCUT2D eigenvalue weighted by molar-refractivity contribution is 0.764. The van der Waals surface area contributed by atoms with Crippen molar-refractivity contribution in [3.05, 3.63) is 34.9 Å². The molecule has 0 saturated carbocycles. The van der Waals surface area contributed by atoms with E-state index < -0.39 is 0 Å². The summed E-state index contributed by atoms with van der Waals surface area (Å²) in [7, 11) is 0. The number of amidine groups is 1. The van der Waals surface area contributed by atoms with E-state index in [0.29, 0.717) is 0 Å². The Labute approximate surface area is 71.1 Å². The molecule has 1 aromatic carbocycles. The predicted molar refractivity (Wildman–Crippen MR) is 48.0 cm³/mol. The number of nitrogens with one attached hydrogen (secondary N) is 2. The van der Waals surface area contributed by atoms with Gasteiger partial charge in [0.05, 0.1) is 0 Å². The second-order valence-electron chi connectivity index (χ2n) is 2.96. The van der Waals surface area contributed by atoms with Gasteiger partial charge in [-0.15, -0.1) is 0 Å². The first-order chi connectivity index (χ1) is 5.79. The molecule has 1 aromatic rings. The number of hydrogen-bond acceptors (Lipinski definition) is 2. The Kier molecular flexibility index (Phi) is 1.59. The van der Waals surface area contributed by atoms with Crippen molar-refractivity contribution in [1.29, 1.82) is 5.41 Å². The van der Waals surface area contributed by atoms with Gasteiger partial charge in [-0.25, -0.2) is 0 Å². The minimum Gasteiger partial charge on any atom is -0.384 e. The van der Waals surface area contributed by atoms with Gasteiger partial charge in [-0.3, -0.25) is 5.41 Å². The van der Waals surface area contributed by atoms with Crippen LogP contribution in [0.1, 0.15) is 16.7 Å². The van der Waals surface area contributed by atoms with E-state index in [1.807, 2.05) is 12.1 Å². The first-order valence-electron chi connectivity index (χ1n) is 3.95. The molecule has 0 fully saturated rings. The quantitative estimate of drug-likeness (QED) is 0.416. The van der Waals surface area contributed by atoms with E-state index in [1.54, 1.807) is 0 Å². The number of benzene rings is 1. The van der Waals surface area contributed by atoms with Crippen LogP contribution < -0.4 is 11.1 Å². The molecule has 1 aliphatic rings. The van der Waals surface area contributed by atoms with Crippen LogP contribution in [-0.2, 0) is 13.1 Å². The lowest BCUT2D eigenvalue weighted by Crippen LogP contribution is -2.14. The summed E-state index contributed by atoms with van der Waals surface area (Å²) in [6.07, 6.45) is 0. The molecule has 0 saturated heterocycles. The average molecular weight is 161 g/mol. The summed E-state index contributed by atoms with van der Waals surface area (Å²) in [6, 6.07) is 5.92. The number of nitrogen functional groups attached to an aromatic ring is 1. The van der Waals surface area contributed by atoms with Gasteiger partial charge in [0.1, 0.15) is 5.84 Å². The minimum absolute atomic E-state index is 0.163. The summed E-state index contributed by atoms with van der Waals surface area (Å²) in [5.74, 6) is 0.163. The molecule has 3 heteroatoms. The van der Waals surface area contributed by atoms with E-state index in [2.05, 4.69) is 11.4 Å². The highest BCUT2D eigenvalue weighted by Crippen LogP contribution is 2.18. The maximum atomic E-state index is 7.35. The molecule has 0 aliphatic carbocycles. The van der Waals surface area contributed by atoms with Crippen molar-refractivity contribution in [2.24, 2.45) is 5.73 Å². The van der Waals surface area contributed by atoms with Crippen LogP contribution in [0.4, 0.5) is 0 Å². The van der Waals surface area contributed by atoms with Crippen LogP contribution in [0.25, 0.3) is 0 Å². The fourth-order valence-corrected chi connectivity index (χ4v) is 1.58. The fourth-order valence-electron chi connectivity index (χ4n) is 1.58. The van der Waals surface area contributed by atoms with Gasteiger partial charge in [0, 0.05) is 18.7 Å². The molecule has 4 N–H and O–H groups in total. The van der Waals surface area contributed by atoms with E-state index in [1.165, 1.54) is 11.1 Å². The fraction of sp³-hybridized carbons (Fsp3) is 0.222. The Balaban J connectivity index is 2.56. The van der Waals surface area contributed by atoms with Gasteiger partial charge in [0.25, 0.3) is 0 Å². The molecular weight excluding hydrogens is 150 g/mol. The van der Waals surface area contributed by atoms with Crippen LogP contribution in [0, 0.1) is 5.41 Å². The van der Waals surface area contributed by atoms with E-state index in [-0.39, 0.29) is 5.84 Å². The SMILES string of the molecule is N=C(N)c1cccc2c1CNC2. The van der Waals surface area contributed by atoms with Crippen molar-refractivity contribution in [3.63, 3.8) is 0 Å². The number of hydrogen-bond donors (Lipinski definition) is 3. The van der Waals surface area contributed by atoms with Crippen LogP contribution in [0.3, 0.4) is 0 Å². The van der Waals surface area contributed by atoms with Gasteiger partial charge in [-0.2, -0.15) is 0 Å². The third kappa shape index (κ3) is 0.987. The van der Waals surface area contributed by atoms with Crippen molar-refractivity contribution in [2.45, 2.75) is 13.1 Å². The van der Waals surface area contributed by atoms with Gasteiger partial charge in [0.2, 0.25) is 0 Å². The summed E-state index contributed by atoms with van der Waals surface area (Å²) in [5.41, 5.74) is 8.77. The second kappa shape index (κ2) is 2.60. The zero-order valence-electron chi connectivity index (χ0n) is 6.72. The number of rotatable bonds is 1. The monoisotopic (exact) mass is 161 g/mol. The molecule has 2 rings (SSSR count). The zero-order valence-corrected chi connectivity index (χ0v) is 6.72. The maximum Gasteiger partial charge on any atom is 0.123 e. The Bertz CT molecular complexity index is 331. The Hall–Kier alpha value is -1.35. The summed E-state index contributed by atoms with van der Waals surface area (Å²) in [6.45, 7) is 1.74. The highest BCUT2D eigenvalue weighted by molar-refractivity contribution is 5.96. The summed E-state index contributed by atoms with van der Waals surface area (Å²) < 4.78 is 0. The standard InChI is InChI=1S/C9H11N3/c10-9(11)7-3-1-2-6-4-12-5-8(6)7/h1-3,12H,4-5H2,(H3,10,11). The molecular formula is C9H11N3. The summed E-state index contributed by atoms with van der Waals surface area (Å²) in [4.78, 5) is 0. The van der Waals surface area contributed by atoms with Crippen molar-refractivity contribution in [2.75, 3.05) is 0 Å². The largest absolute Gasteiger partial charge is 0.384 e. The third-order valence-electron chi connectivity index (χ3n) is 2.18. The van der Waals surface area contributed by atoms with Crippen molar-refractivity contribution < 1.29 is 0 Å². The second-order valence-corrected chi connectivity index (χ2v) is 2.96. The minimum atomic E-state index is 0.163. The van der Waals surface area contributed by atoms with Crippen molar-refractivity contribution >= 4 is 5.84 Å². The normalized spacial score (nSPS) is 14.3. The van der Waals surface area contributed by atoms with Crippen molar-refractivity contribution in [3.8, 4) is 0 Å². The molecule has 0 aromatic heterocycles. The Morgan fingerprint density at radius 3 is 3.00 bits per heavy atom. The van der Waals surface area contributed by atoms with Crippen LogP contribution in [0.2, 0.25) is 0 Å². The molecule has 0 unspecified atom stereocenters. The highest BCUT2D eigenvalue weighted by atomic mass is 14.9. The lowest BCUT2D eigenvalue weighted by atomic mass is 10.0. The van der Waals surface area contributed by atoms with Gasteiger partial charge >= 0.3 is 0 Å². The Morgan fingerprint density at radius 1 is 1.42 bits per heavy atom. The molecule has 0 atom stereocenters. The van der Waals surface area contributed by atoms with Gasteiger partial charge < -0.3 is 11.1 Å². The van der Waals surface area contributed by atoms with Crippen LogP contribution in [0.15, 0.2) is 18.2 Å². The molecule has 3 nitrogen and oxygen atoms in total. The van der Waals surface area contributed by atoms with Gasteiger partial charge in [-0.1, -0.05) is 18.2 Å².